The Hall–Kier alpha value is -1.40. The van der Waals surface area contributed by atoms with Crippen LogP contribution in [0.2, 0.25) is 0 Å². The fraction of sp³-hybridized carbons (Fsp3) is 0.636. The van der Waals surface area contributed by atoms with Crippen LogP contribution < -0.4 is 10.6 Å². The van der Waals surface area contributed by atoms with Gasteiger partial charge in [0.15, 0.2) is 5.76 Å². The highest BCUT2D eigenvalue weighted by molar-refractivity contribution is 5.77. The van der Waals surface area contributed by atoms with E-state index in [0.717, 1.165) is 32.6 Å². The van der Waals surface area contributed by atoms with Crippen molar-refractivity contribution >= 4 is 5.91 Å². The zero-order chi connectivity index (χ0) is 11.9. The Bertz CT molecular complexity index is 331. The molecule has 0 aromatic carbocycles. The number of carbonyl (C=O) groups is 1. The number of amides is 1. The first-order chi connectivity index (χ1) is 8.34. The number of carbonyl (C=O) groups excluding carboxylic acids is 1. The van der Waals surface area contributed by atoms with Gasteiger partial charge in [-0.25, -0.2) is 0 Å². The molecule has 1 fully saturated rings. The lowest BCUT2D eigenvalue weighted by atomic mass is 10.3. The zero-order valence-corrected chi connectivity index (χ0v) is 9.82. The first-order valence-electron chi connectivity index (χ1n) is 5.94. The normalized spacial score (nSPS) is 17.6. The van der Waals surface area contributed by atoms with E-state index in [0.29, 0.717) is 18.8 Å². The topological polar surface area (TPSA) is 70.4 Å². The van der Waals surface area contributed by atoms with Crippen molar-refractivity contribution in [2.75, 3.05) is 32.7 Å². The Labute approximate surface area is 100 Å². The fourth-order valence-electron chi connectivity index (χ4n) is 1.84. The van der Waals surface area contributed by atoms with Gasteiger partial charge < -0.3 is 15.2 Å². The SMILES string of the molecule is O=C(CN1CCCNCC1)NCc1ccno1. The molecule has 17 heavy (non-hydrogen) atoms. The van der Waals surface area contributed by atoms with Gasteiger partial charge in [0, 0.05) is 19.2 Å². The van der Waals surface area contributed by atoms with E-state index in [2.05, 4.69) is 20.7 Å². The van der Waals surface area contributed by atoms with Crippen LogP contribution in [0.25, 0.3) is 0 Å². The summed E-state index contributed by atoms with van der Waals surface area (Å²) >= 11 is 0. The molecule has 6 nitrogen and oxygen atoms in total. The van der Waals surface area contributed by atoms with Crippen LogP contribution in [0.15, 0.2) is 16.8 Å². The van der Waals surface area contributed by atoms with Crippen molar-refractivity contribution in [2.24, 2.45) is 0 Å². The molecule has 0 unspecified atom stereocenters. The Morgan fingerprint density at radius 2 is 2.47 bits per heavy atom. The smallest absolute Gasteiger partial charge is 0.234 e. The molecular formula is C11H18N4O2. The summed E-state index contributed by atoms with van der Waals surface area (Å²) in [5.74, 6) is 0.708. The van der Waals surface area contributed by atoms with Crippen LogP contribution in [0.3, 0.4) is 0 Å². The Morgan fingerprint density at radius 3 is 3.29 bits per heavy atom. The Morgan fingerprint density at radius 1 is 1.53 bits per heavy atom. The van der Waals surface area contributed by atoms with Gasteiger partial charge >= 0.3 is 0 Å². The quantitative estimate of drug-likeness (QED) is 0.746. The maximum absolute atomic E-state index is 11.7. The predicted molar refractivity (Wildman–Crippen MR) is 62.3 cm³/mol. The van der Waals surface area contributed by atoms with Crippen LogP contribution in [-0.2, 0) is 11.3 Å². The van der Waals surface area contributed by atoms with Crippen LogP contribution in [0.1, 0.15) is 12.2 Å². The number of aromatic nitrogens is 1. The minimum Gasteiger partial charge on any atom is -0.360 e. The minimum absolute atomic E-state index is 0.0308. The van der Waals surface area contributed by atoms with Crippen molar-refractivity contribution in [3.05, 3.63) is 18.0 Å². The molecule has 6 heteroatoms. The zero-order valence-electron chi connectivity index (χ0n) is 9.82. The highest BCUT2D eigenvalue weighted by Gasteiger charge is 2.12. The molecule has 0 radical (unpaired) electrons. The lowest BCUT2D eigenvalue weighted by Crippen LogP contribution is -2.38. The largest absolute Gasteiger partial charge is 0.360 e. The van der Waals surface area contributed by atoms with E-state index in [9.17, 15) is 4.79 Å². The summed E-state index contributed by atoms with van der Waals surface area (Å²) < 4.78 is 4.91. The maximum atomic E-state index is 11.7. The first-order valence-corrected chi connectivity index (χ1v) is 5.94. The third-order valence-corrected chi connectivity index (χ3v) is 2.75. The van der Waals surface area contributed by atoms with Crippen molar-refractivity contribution in [1.29, 1.82) is 0 Å². The molecule has 1 saturated heterocycles. The number of hydrogen-bond acceptors (Lipinski definition) is 5. The molecule has 1 aromatic heterocycles. The third-order valence-electron chi connectivity index (χ3n) is 2.75. The van der Waals surface area contributed by atoms with Crippen molar-refractivity contribution in [1.82, 2.24) is 20.7 Å². The molecular weight excluding hydrogens is 220 g/mol. The van der Waals surface area contributed by atoms with Gasteiger partial charge in [0.25, 0.3) is 0 Å². The van der Waals surface area contributed by atoms with Gasteiger partial charge in [0.1, 0.15) is 0 Å². The summed E-state index contributed by atoms with van der Waals surface area (Å²) in [6, 6.07) is 1.75. The van der Waals surface area contributed by atoms with Crippen LogP contribution in [0.5, 0.6) is 0 Å². The van der Waals surface area contributed by atoms with Gasteiger partial charge in [0.2, 0.25) is 5.91 Å². The molecule has 0 atom stereocenters. The summed E-state index contributed by atoms with van der Waals surface area (Å²) in [6.07, 6.45) is 2.66. The van der Waals surface area contributed by atoms with E-state index in [4.69, 9.17) is 4.52 Å². The van der Waals surface area contributed by atoms with Crippen LogP contribution in [-0.4, -0.2) is 48.7 Å². The molecule has 2 heterocycles. The second kappa shape index (κ2) is 6.36. The molecule has 1 aromatic rings. The van der Waals surface area contributed by atoms with Crippen LogP contribution in [0, 0.1) is 0 Å². The van der Waals surface area contributed by atoms with Gasteiger partial charge in [0.05, 0.1) is 19.3 Å². The van der Waals surface area contributed by atoms with E-state index >= 15 is 0 Å². The molecule has 0 spiro atoms. The van der Waals surface area contributed by atoms with Gasteiger partial charge in [-0.2, -0.15) is 0 Å². The van der Waals surface area contributed by atoms with Crippen molar-refractivity contribution < 1.29 is 9.32 Å². The second-order valence-corrected chi connectivity index (χ2v) is 4.14. The molecule has 1 aliphatic heterocycles. The van der Waals surface area contributed by atoms with E-state index in [-0.39, 0.29) is 5.91 Å². The molecule has 0 aliphatic carbocycles. The standard InChI is InChI=1S/C11H18N4O2/c16-11(13-8-10-2-4-14-17-10)9-15-6-1-3-12-5-7-15/h2,4,12H,1,3,5-9H2,(H,13,16). The van der Waals surface area contributed by atoms with E-state index in [1.54, 1.807) is 12.3 Å². The summed E-state index contributed by atoms with van der Waals surface area (Å²) in [4.78, 5) is 13.8. The average molecular weight is 238 g/mol. The lowest BCUT2D eigenvalue weighted by molar-refractivity contribution is -0.122. The predicted octanol–water partition coefficient (Wildman–Crippen LogP) is -0.414. The minimum atomic E-state index is 0.0308. The molecule has 94 valence electrons. The first kappa shape index (κ1) is 12.1. The van der Waals surface area contributed by atoms with Crippen molar-refractivity contribution in [3.63, 3.8) is 0 Å². The average Bonchev–Trinajstić information content (AvgIpc) is 2.72. The second-order valence-electron chi connectivity index (χ2n) is 4.14. The number of nitrogens with one attached hydrogen (secondary N) is 2. The van der Waals surface area contributed by atoms with Crippen molar-refractivity contribution in [3.8, 4) is 0 Å². The highest BCUT2D eigenvalue weighted by Crippen LogP contribution is 1.97. The van der Waals surface area contributed by atoms with Crippen LogP contribution in [0.4, 0.5) is 0 Å². The molecule has 0 saturated carbocycles. The Balaban J connectivity index is 1.69. The number of nitrogens with zero attached hydrogens (tertiary/aromatic N) is 2. The molecule has 1 amide bonds. The van der Waals surface area contributed by atoms with Crippen molar-refractivity contribution in [2.45, 2.75) is 13.0 Å². The van der Waals surface area contributed by atoms with Crippen LogP contribution >= 0.6 is 0 Å². The lowest BCUT2D eigenvalue weighted by Gasteiger charge is -2.18. The third kappa shape index (κ3) is 4.16. The molecule has 1 aliphatic rings. The summed E-state index contributed by atoms with van der Waals surface area (Å²) in [5, 5.41) is 9.71. The molecule has 2 N–H and O–H groups in total. The number of rotatable bonds is 4. The molecule has 2 rings (SSSR count). The summed E-state index contributed by atoms with van der Waals surface area (Å²) in [7, 11) is 0. The van der Waals surface area contributed by atoms with Gasteiger partial charge in [-0.15, -0.1) is 0 Å². The highest BCUT2D eigenvalue weighted by atomic mass is 16.5. The summed E-state index contributed by atoms with van der Waals surface area (Å²) in [6.45, 7) is 4.75. The van der Waals surface area contributed by atoms with E-state index in [1.165, 1.54) is 0 Å². The van der Waals surface area contributed by atoms with E-state index < -0.39 is 0 Å². The van der Waals surface area contributed by atoms with Gasteiger partial charge in [-0.1, -0.05) is 5.16 Å². The summed E-state index contributed by atoms with van der Waals surface area (Å²) in [5.41, 5.74) is 0. The monoisotopic (exact) mass is 238 g/mol. The maximum Gasteiger partial charge on any atom is 0.234 e. The van der Waals surface area contributed by atoms with Gasteiger partial charge in [-0.3, -0.25) is 9.69 Å². The number of hydrogen-bond donors (Lipinski definition) is 2. The van der Waals surface area contributed by atoms with Gasteiger partial charge in [-0.05, 0) is 19.5 Å². The fourth-order valence-corrected chi connectivity index (χ4v) is 1.84. The molecule has 0 bridgehead atoms. The van der Waals surface area contributed by atoms with E-state index in [1.807, 2.05) is 0 Å². The Kier molecular flexibility index (Phi) is 4.52.